The first-order valence-corrected chi connectivity index (χ1v) is 10.9. The molecule has 0 aliphatic carbocycles. The van der Waals surface area contributed by atoms with Crippen molar-refractivity contribution in [1.29, 1.82) is 0 Å². The average Bonchev–Trinajstić information content (AvgIpc) is 2.88. The predicted molar refractivity (Wildman–Crippen MR) is 137 cm³/mol. The fourth-order valence-electron chi connectivity index (χ4n) is 3.26. The highest BCUT2D eigenvalue weighted by molar-refractivity contribution is 6.30. The maximum Gasteiger partial charge on any atom is 0.270 e. The van der Waals surface area contributed by atoms with E-state index in [9.17, 15) is 10.1 Å². The van der Waals surface area contributed by atoms with Crippen LogP contribution in [-0.4, -0.2) is 28.0 Å². The monoisotopic (exact) mass is 488 g/mol. The smallest absolute Gasteiger partial charge is 0.270 e. The van der Waals surface area contributed by atoms with Crippen LogP contribution >= 0.6 is 11.6 Å². The van der Waals surface area contributed by atoms with Crippen molar-refractivity contribution in [3.8, 4) is 28.3 Å². The summed E-state index contributed by atoms with van der Waals surface area (Å²) in [6, 6.07) is 22.6. The second kappa shape index (κ2) is 10.6. The fourth-order valence-corrected chi connectivity index (χ4v) is 3.39. The minimum Gasteiger partial charge on any atom is -0.497 e. The van der Waals surface area contributed by atoms with Gasteiger partial charge < -0.3 is 10.5 Å². The largest absolute Gasteiger partial charge is 0.497 e. The van der Waals surface area contributed by atoms with Gasteiger partial charge in [-0.05, 0) is 48.0 Å². The van der Waals surface area contributed by atoms with E-state index in [2.05, 4.69) is 20.3 Å². The Kier molecular flexibility index (Phi) is 7.18. The molecule has 10 heteroatoms. The Morgan fingerprint density at radius 1 is 1.03 bits per heavy atom. The Morgan fingerprint density at radius 3 is 2.37 bits per heavy atom. The Hall–Kier alpha value is -4.50. The van der Waals surface area contributed by atoms with Gasteiger partial charge in [-0.15, -0.1) is 0 Å². The Balaban J connectivity index is 1.68. The Labute approximate surface area is 206 Å². The van der Waals surface area contributed by atoms with E-state index in [4.69, 9.17) is 22.1 Å². The number of non-ortho nitro benzene ring substituents is 1. The Bertz CT molecular complexity index is 1380. The molecule has 0 amide bonds. The van der Waals surface area contributed by atoms with E-state index < -0.39 is 4.92 Å². The molecule has 0 saturated carbocycles. The van der Waals surface area contributed by atoms with Gasteiger partial charge in [0.05, 0.1) is 30.0 Å². The van der Waals surface area contributed by atoms with E-state index in [1.165, 1.54) is 12.1 Å². The summed E-state index contributed by atoms with van der Waals surface area (Å²) in [4.78, 5) is 24.2. The molecule has 0 aliphatic rings. The molecule has 176 valence electrons. The highest BCUT2D eigenvalue weighted by atomic mass is 35.5. The summed E-state index contributed by atoms with van der Waals surface area (Å²) in [5.74, 6) is 1.03. The van der Waals surface area contributed by atoms with E-state index >= 15 is 0 Å². The molecule has 4 aromatic rings. The number of nitrogens with one attached hydrogen (secondary N) is 1. The van der Waals surface area contributed by atoms with E-state index in [0.29, 0.717) is 34.3 Å². The molecule has 4 rings (SSSR count). The summed E-state index contributed by atoms with van der Waals surface area (Å²) in [7, 11) is 1.59. The number of aliphatic imine (C=N–C) groups is 1. The summed E-state index contributed by atoms with van der Waals surface area (Å²) in [6.07, 6.45) is 0. The molecule has 0 atom stereocenters. The van der Waals surface area contributed by atoms with E-state index in [-0.39, 0.29) is 17.6 Å². The lowest BCUT2D eigenvalue weighted by atomic mass is 10.1. The number of anilines is 1. The Morgan fingerprint density at radius 2 is 1.71 bits per heavy atom. The number of nitro groups is 1. The molecule has 3 N–H and O–H groups in total. The highest BCUT2D eigenvalue weighted by Crippen LogP contribution is 2.28. The van der Waals surface area contributed by atoms with Gasteiger partial charge in [-0.25, -0.2) is 15.0 Å². The van der Waals surface area contributed by atoms with Crippen LogP contribution in [0.3, 0.4) is 0 Å². The predicted octanol–water partition coefficient (Wildman–Crippen LogP) is 5.31. The maximum atomic E-state index is 11.3. The standard InChI is InChI=1S/C25H21ClN6O3/c1-35-21-11-7-17(8-12-21)22-14-23(18-3-2-4-20(13-18)32(33)34)30-25(29-22)31-24(27)28-15-16-5-9-19(26)10-6-16/h2-14H,15H2,1H3,(H3,27,28,29,30,31). The number of ether oxygens (including phenoxy) is 1. The van der Waals surface area contributed by atoms with Crippen molar-refractivity contribution in [2.24, 2.45) is 10.7 Å². The molecule has 0 radical (unpaired) electrons. The molecule has 3 aromatic carbocycles. The molecular weight excluding hydrogens is 468 g/mol. The van der Waals surface area contributed by atoms with Crippen molar-refractivity contribution < 1.29 is 9.66 Å². The number of nitro benzene ring substituents is 1. The van der Waals surface area contributed by atoms with Crippen LogP contribution in [0.4, 0.5) is 11.6 Å². The number of nitrogens with zero attached hydrogens (tertiary/aromatic N) is 4. The summed E-state index contributed by atoms with van der Waals surface area (Å²) in [6.45, 7) is 0.339. The highest BCUT2D eigenvalue weighted by Gasteiger charge is 2.13. The zero-order chi connectivity index (χ0) is 24.8. The first-order chi connectivity index (χ1) is 16.9. The number of rotatable bonds is 7. The summed E-state index contributed by atoms with van der Waals surface area (Å²) >= 11 is 5.92. The molecular formula is C25H21ClN6O3. The van der Waals surface area contributed by atoms with Gasteiger partial charge in [-0.1, -0.05) is 35.9 Å². The third kappa shape index (κ3) is 6.10. The van der Waals surface area contributed by atoms with E-state index in [0.717, 1.165) is 11.1 Å². The van der Waals surface area contributed by atoms with Crippen LogP contribution in [-0.2, 0) is 6.54 Å². The molecule has 0 spiro atoms. The summed E-state index contributed by atoms with van der Waals surface area (Å²) in [5, 5.41) is 14.8. The molecule has 0 fully saturated rings. The molecule has 1 heterocycles. The topological polar surface area (TPSA) is 129 Å². The number of guanidine groups is 1. The number of hydrogen-bond donors (Lipinski definition) is 2. The molecule has 0 saturated heterocycles. The van der Waals surface area contributed by atoms with Gasteiger partial charge in [-0.3, -0.25) is 15.4 Å². The van der Waals surface area contributed by atoms with Gasteiger partial charge in [0.2, 0.25) is 5.95 Å². The van der Waals surface area contributed by atoms with Crippen molar-refractivity contribution in [3.05, 3.63) is 99.6 Å². The van der Waals surface area contributed by atoms with Crippen molar-refractivity contribution in [3.63, 3.8) is 0 Å². The van der Waals surface area contributed by atoms with Crippen LogP contribution in [0, 0.1) is 10.1 Å². The quantitative estimate of drug-likeness (QED) is 0.156. The van der Waals surface area contributed by atoms with Gasteiger partial charge in [0.25, 0.3) is 5.69 Å². The summed E-state index contributed by atoms with van der Waals surface area (Å²) in [5.41, 5.74) is 9.44. The van der Waals surface area contributed by atoms with Crippen LogP contribution in [0.2, 0.25) is 5.02 Å². The molecule has 0 aliphatic heterocycles. The average molecular weight is 489 g/mol. The lowest BCUT2D eigenvalue weighted by molar-refractivity contribution is -0.384. The third-order valence-corrected chi connectivity index (χ3v) is 5.30. The van der Waals surface area contributed by atoms with Crippen LogP contribution in [0.15, 0.2) is 83.9 Å². The van der Waals surface area contributed by atoms with Crippen molar-refractivity contribution >= 4 is 29.2 Å². The number of benzene rings is 3. The molecule has 35 heavy (non-hydrogen) atoms. The van der Waals surface area contributed by atoms with Crippen molar-refractivity contribution in [2.75, 3.05) is 12.4 Å². The van der Waals surface area contributed by atoms with Crippen molar-refractivity contribution in [1.82, 2.24) is 9.97 Å². The van der Waals surface area contributed by atoms with E-state index in [1.54, 1.807) is 37.4 Å². The number of methoxy groups -OCH3 is 1. The summed E-state index contributed by atoms with van der Waals surface area (Å²) < 4.78 is 5.23. The van der Waals surface area contributed by atoms with E-state index in [1.807, 2.05) is 36.4 Å². The van der Waals surface area contributed by atoms with Gasteiger partial charge in [0.15, 0.2) is 5.96 Å². The second-order valence-corrected chi connectivity index (χ2v) is 7.89. The number of aromatic nitrogens is 2. The third-order valence-electron chi connectivity index (χ3n) is 5.05. The van der Waals surface area contributed by atoms with Crippen LogP contribution in [0.5, 0.6) is 5.75 Å². The molecule has 1 aromatic heterocycles. The van der Waals surface area contributed by atoms with Crippen LogP contribution in [0.25, 0.3) is 22.5 Å². The van der Waals surface area contributed by atoms with Gasteiger partial charge in [0, 0.05) is 28.3 Å². The lowest BCUT2D eigenvalue weighted by Gasteiger charge is -2.11. The van der Waals surface area contributed by atoms with Crippen molar-refractivity contribution in [2.45, 2.75) is 6.54 Å². The maximum absolute atomic E-state index is 11.3. The van der Waals surface area contributed by atoms with Crippen LogP contribution in [0.1, 0.15) is 5.56 Å². The van der Waals surface area contributed by atoms with Crippen LogP contribution < -0.4 is 15.8 Å². The minimum atomic E-state index is -0.449. The number of halogens is 1. The normalized spacial score (nSPS) is 11.2. The molecule has 9 nitrogen and oxygen atoms in total. The minimum absolute atomic E-state index is 0.0364. The first kappa shape index (κ1) is 23.7. The number of nitrogens with two attached hydrogens (primary N) is 1. The van der Waals surface area contributed by atoms with Gasteiger partial charge in [-0.2, -0.15) is 0 Å². The zero-order valence-corrected chi connectivity index (χ0v) is 19.4. The number of hydrogen-bond acceptors (Lipinski definition) is 6. The second-order valence-electron chi connectivity index (χ2n) is 7.45. The lowest BCUT2D eigenvalue weighted by Crippen LogP contribution is -2.24. The SMILES string of the molecule is COc1ccc(-c2cc(-c3cccc([N+](=O)[O-])c3)nc(NC(N)=NCc3ccc(Cl)cc3)n2)cc1. The molecule has 0 unspecified atom stereocenters. The first-order valence-electron chi connectivity index (χ1n) is 10.5. The fraction of sp³-hybridized carbons (Fsp3) is 0.0800. The molecule has 0 bridgehead atoms. The van der Waals surface area contributed by atoms with Gasteiger partial charge >= 0.3 is 0 Å². The van der Waals surface area contributed by atoms with Gasteiger partial charge in [0.1, 0.15) is 5.75 Å². The zero-order valence-electron chi connectivity index (χ0n) is 18.7.